The van der Waals surface area contributed by atoms with Crippen LogP contribution in [0.15, 0.2) is 65.5 Å². The van der Waals surface area contributed by atoms with Crippen LogP contribution in [-0.4, -0.2) is 50.6 Å². The largest absolute Gasteiger partial charge is 0.369 e. The lowest BCUT2D eigenvalue weighted by molar-refractivity contribution is 0.256. The third-order valence-corrected chi connectivity index (χ3v) is 7.17. The van der Waals surface area contributed by atoms with Crippen LogP contribution in [-0.2, 0) is 6.54 Å². The molecule has 0 saturated carbocycles. The first-order chi connectivity index (χ1) is 17.6. The number of rotatable bonds is 5. The second-order valence-corrected chi connectivity index (χ2v) is 9.77. The predicted molar refractivity (Wildman–Crippen MR) is 139 cm³/mol. The Balaban J connectivity index is 1.45. The van der Waals surface area contributed by atoms with Crippen LogP contribution in [0.25, 0.3) is 28.2 Å². The number of aromatic nitrogens is 4. The van der Waals surface area contributed by atoms with Crippen molar-refractivity contribution < 1.29 is 4.39 Å². The van der Waals surface area contributed by atoms with Crippen molar-refractivity contribution in [3.63, 3.8) is 0 Å². The molecule has 0 amide bonds. The van der Waals surface area contributed by atoms with Crippen molar-refractivity contribution >= 4 is 5.82 Å². The normalized spacial score (nSPS) is 17.7. The maximum atomic E-state index is 13.7. The number of nitrogens with one attached hydrogen (secondary N) is 1. The number of anilines is 1. The van der Waals surface area contributed by atoms with Gasteiger partial charge in [-0.1, -0.05) is 18.2 Å². The molecule has 8 heteroatoms. The van der Waals surface area contributed by atoms with Crippen molar-refractivity contribution in [3.8, 4) is 28.2 Å². The van der Waals surface area contributed by atoms with Crippen LogP contribution < -0.4 is 10.9 Å². The Labute approximate surface area is 209 Å². The molecule has 36 heavy (non-hydrogen) atoms. The fraction of sp³-hybridized carbons (Fsp3) is 0.321. The molecule has 2 aliphatic heterocycles. The molecule has 0 spiro atoms. The molecule has 1 unspecified atom stereocenters. The van der Waals surface area contributed by atoms with Crippen LogP contribution >= 0.6 is 0 Å². The van der Waals surface area contributed by atoms with Crippen molar-refractivity contribution in [2.24, 2.45) is 5.92 Å². The van der Waals surface area contributed by atoms with Gasteiger partial charge in [0, 0.05) is 37.2 Å². The van der Waals surface area contributed by atoms with E-state index in [0.717, 1.165) is 53.5 Å². The highest BCUT2D eigenvalue weighted by atomic mass is 19.1. The number of para-hydroxylation sites is 1. The van der Waals surface area contributed by atoms with Gasteiger partial charge in [0.15, 0.2) is 0 Å². The first kappa shape index (κ1) is 22.7. The highest BCUT2D eigenvalue weighted by Gasteiger charge is 2.29. The number of nitrogens with zero attached hydrogens (tertiary/aromatic N) is 5. The molecule has 2 aliphatic rings. The van der Waals surface area contributed by atoms with E-state index in [-0.39, 0.29) is 11.4 Å². The molecule has 2 aromatic heterocycles. The summed E-state index contributed by atoms with van der Waals surface area (Å²) in [5, 5.41) is 13.4. The molecular formula is C28H29FN6O. The molecule has 1 fully saturated rings. The number of hydrogen-bond acceptors (Lipinski definition) is 5. The van der Waals surface area contributed by atoms with E-state index in [4.69, 9.17) is 10.2 Å². The molecular weight excluding hydrogens is 455 g/mol. The lowest BCUT2D eigenvalue weighted by atomic mass is 10.0. The van der Waals surface area contributed by atoms with Gasteiger partial charge in [0.25, 0.3) is 5.56 Å². The number of hydrogen-bond donors (Lipinski definition) is 1. The van der Waals surface area contributed by atoms with Crippen molar-refractivity contribution in [2.75, 3.05) is 31.5 Å². The van der Waals surface area contributed by atoms with Crippen LogP contribution in [0.4, 0.5) is 10.2 Å². The Morgan fingerprint density at radius 1 is 1.00 bits per heavy atom. The lowest BCUT2D eigenvalue weighted by Crippen LogP contribution is -2.36. The second kappa shape index (κ2) is 9.35. The van der Waals surface area contributed by atoms with Gasteiger partial charge in [-0.25, -0.2) is 9.07 Å². The minimum absolute atomic E-state index is 0.198. The summed E-state index contributed by atoms with van der Waals surface area (Å²) in [6.45, 7) is 6.98. The molecule has 2 aromatic carbocycles. The number of benzene rings is 2. The lowest BCUT2D eigenvalue weighted by Gasteiger charge is -2.29. The molecule has 0 radical (unpaired) electrons. The first-order valence-electron chi connectivity index (χ1n) is 12.6. The molecule has 4 aromatic rings. The minimum Gasteiger partial charge on any atom is -0.369 e. The number of aryl methyl sites for hydroxylation is 1. The summed E-state index contributed by atoms with van der Waals surface area (Å²) in [6, 6.07) is 17.4. The van der Waals surface area contributed by atoms with Crippen LogP contribution in [0.1, 0.15) is 18.4 Å². The third-order valence-electron chi connectivity index (χ3n) is 7.17. The highest BCUT2D eigenvalue weighted by Crippen LogP contribution is 2.38. The number of fused-ring (bicyclic) bond motifs is 1. The molecule has 6 rings (SSSR count). The summed E-state index contributed by atoms with van der Waals surface area (Å²) in [4.78, 5) is 15.3. The van der Waals surface area contributed by atoms with E-state index in [1.807, 2.05) is 35.9 Å². The molecule has 1 saturated heterocycles. The Hall–Kier alpha value is -3.78. The Bertz CT molecular complexity index is 1450. The van der Waals surface area contributed by atoms with E-state index < -0.39 is 0 Å². The molecule has 7 nitrogen and oxygen atoms in total. The smallest absolute Gasteiger partial charge is 0.271 e. The monoisotopic (exact) mass is 484 g/mol. The van der Waals surface area contributed by atoms with Gasteiger partial charge in [-0.05, 0) is 74.8 Å². The standard InChI is InChI=1S/C28H29FN6O/c1-19-6-2-3-7-24(19)35-25(36)13-12-23(31-35)26-27(21-8-10-22(29)11-9-21)32-34-18-20(16-30-28(26)34)17-33-14-4-5-15-33/h2-3,6-13,20,30H,4-5,14-18H2,1H3. The second-order valence-electron chi connectivity index (χ2n) is 9.77. The molecule has 4 heterocycles. The SMILES string of the molecule is Cc1ccccc1-n1nc(-c2c(-c3ccc(F)cc3)nn3c2NCC(CN2CCCC2)C3)ccc1=O. The first-order valence-corrected chi connectivity index (χ1v) is 12.6. The van der Waals surface area contributed by atoms with E-state index in [2.05, 4.69) is 10.2 Å². The fourth-order valence-corrected chi connectivity index (χ4v) is 5.35. The van der Waals surface area contributed by atoms with Gasteiger partial charge in [0.1, 0.15) is 17.3 Å². The van der Waals surface area contributed by atoms with Crippen molar-refractivity contribution in [1.29, 1.82) is 0 Å². The Morgan fingerprint density at radius 3 is 2.56 bits per heavy atom. The van der Waals surface area contributed by atoms with E-state index in [0.29, 0.717) is 11.6 Å². The van der Waals surface area contributed by atoms with Crippen LogP contribution in [0, 0.1) is 18.7 Å². The molecule has 0 bridgehead atoms. The summed E-state index contributed by atoms with van der Waals surface area (Å²) in [7, 11) is 0. The van der Waals surface area contributed by atoms with Crippen LogP contribution in [0.3, 0.4) is 0 Å². The van der Waals surface area contributed by atoms with Gasteiger partial charge in [0.05, 0.1) is 16.9 Å². The van der Waals surface area contributed by atoms with Crippen molar-refractivity contribution in [1.82, 2.24) is 24.5 Å². The zero-order chi connectivity index (χ0) is 24.6. The van der Waals surface area contributed by atoms with Crippen LogP contribution in [0.5, 0.6) is 0 Å². The van der Waals surface area contributed by atoms with Gasteiger partial charge >= 0.3 is 0 Å². The Kier molecular flexibility index (Phi) is 5.89. The molecule has 1 N–H and O–H groups in total. The van der Waals surface area contributed by atoms with Crippen LogP contribution in [0.2, 0.25) is 0 Å². The van der Waals surface area contributed by atoms with Crippen molar-refractivity contribution in [3.05, 3.63) is 82.4 Å². The number of halogens is 1. The summed E-state index contributed by atoms with van der Waals surface area (Å²) < 4.78 is 17.2. The molecule has 0 aliphatic carbocycles. The topological polar surface area (TPSA) is 68.0 Å². The highest BCUT2D eigenvalue weighted by molar-refractivity contribution is 5.87. The van der Waals surface area contributed by atoms with Gasteiger partial charge in [0.2, 0.25) is 0 Å². The predicted octanol–water partition coefficient (Wildman–Crippen LogP) is 4.35. The quantitative estimate of drug-likeness (QED) is 0.456. The summed E-state index contributed by atoms with van der Waals surface area (Å²) in [6.07, 6.45) is 2.54. The van der Waals surface area contributed by atoms with Gasteiger partial charge in [-0.3, -0.25) is 4.79 Å². The third kappa shape index (κ3) is 4.22. The summed E-state index contributed by atoms with van der Waals surface area (Å²) in [5.74, 6) is 1.03. The maximum absolute atomic E-state index is 13.7. The van der Waals surface area contributed by atoms with E-state index in [9.17, 15) is 9.18 Å². The molecule has 1 atom stereocenters. The van der Waals surface area contributed by atoms with Crippen molar-refractivity contribution in [2.45, 2.75) is 26.3 Å². The average molecular weight is 485 g/mol. The number of likely N-dealkylation sites (tertiary alicyclic amines) is 1. The maximum Gasteiger partial charge on any atom is 0.271 e. The molecule has 184 valence electrons. The Morgan fingerprint density at radius 2 is 1.78 bits per heavy atom. The van der Waals surface area contributed by atoms with E-state index in [1.165, 1.54) is 42.7 Å². The van der Waals surface area contributed by atoms with Gasteiger partial charge < -0.3 is 10.2 Å². The average Bonchev–Trinajstić information content (AvgIpc) is 3.53. The summed E-state index contributed by atoms with van der Waals surface area (Å²) in [5.41, 5.74) is 4.50. The van der Waals surface area contributed by atoms with E-state index in [1.54, 1.807) is 24.3 Å². The summed E-state index contributed by atoms with van der Waals surface area (Å²) >= 11 is 0. The fourth-order valence-electron chi connectivity index (χ4n) is 5.35. The van der Waals surface area contributed by atoms with Gasteiger partial charge in [-0.2, -0.15) is 14.9 Å². The minimum atomic E-state index is -0.292. The van der Waals surface area contributed by atoms with Gasteiger partial charge in [-0.15, -0.1) is 0 Å². The zero-order valence-electron chi connectivity index (χ0n) is 20.3. The van der Waals surface area contributed by atoms with E-state index >= 15 is 0 Å². The zero-order valence-corrected chi connectivity index (χ0v) is 20.3.